The van der Waals surface area contributed by atoms with E-state index >= 15 is 0 Å². The summed E-state index contributed by atoms with van der Waals surface area (Å²) in [6.07, 6.45) is 5.80. The van der Waals surface area contributed by atoms with Crippen molar-refractivity contribution in [1.82, 2.24) is 0 Å². The third-order valence-corrected chi connectivity index (χ3v) is 3.02. The Hall–Kier alpha value is -1.34. The average molecular weight is 217 g/mol. The largest absolute Gasteiger partial charge is 0.333 e. The fourth-order valence-electron chi connectivity index (χ4n) is 2.19. The second-order valence-electron chi connectivity index (χ2n) is 4.16. The maximum atomic E-state index is 4.50. The highest BCUT2D eigenvalue weighted by Gasteiger charge is 2.35. The highest BCUT2D eigenvalue weighted by atomic mass is 14.4. The van der Waals surface area contributed by atoms with Crippen LogP contribution in [0.25, 0.3) is 0 Å². The number of hydrogen-bond donors (Lipinski definition) is 1. The number of hydrogen-bond acceptors (Lipinski definition) is 1. The van der Waals surface area contributed by atoms with Gasteiger partial charge >= 0.3 is 0 Å². The van der Waals surface area contributed by atoms with E-state index in [4.69, 9.17) is 0 Å². The van der Waals surface area contributed by atoms with Crippen molar-refractivity contribution in [2.24, 2.45) is 11.1 Å². The summed E-state index contributed by atoms with van der Waals surface area (Å²) in [5.41, 5.74) is 9.41. The van der Waals surface area contributed by atoms with E-state index < -0.39 is 0 Å². The molecule has 0 radical (unpaired) electrons. The van der Waals surface area contributed by atoms with Crippen LogP contribution in [0.1, 0.15) is 20.8 Å². The van der Waals surface area contributed by atoms with Gasteiger partial charge in [-0.25, -0.2) is 0 Å². The zero-order chi connectivity index (χ0) is 12.9. The lowest BCUT2D eigenvalue weighted by Crippen LogP contribution is -2.11. The van der Waals surface area contributed by atoms with Gasteiger partial charge in [0.05, 0.1) is 0 Å². The van der Waals surface area contributed by atoms with Gasteiger partial charge in [-0.1, -0.05) is 51.8 Å². The zero-order valence-corrected chi connectivity index (χ0v) is 10.9. The Labute approximate surface area is 99.7 Å². The van der Waals surface area contributed by atoms with Crippen molar-refractivity contribution in [3.8, 4) is 0 Å². The SMILES string of the molecule is C=C/C=C1\C(=C)C(C)=C(C=C)C1(C)C.CN. The fourth-order valence-corrected chi connectivity index (χ4v) is 2.19. The van der Waals surface area contributed by atoms with Crippen LogP contribution in [0.3, 0.4) is 0 Å². The first-order valence-corrected chi connectivity index (χ1v) is 5.41. The quantitative estimate of drug-likeness (QED) is 0.748. The topological polar surface area (TPSA) is 26.0 Å². The Bertz CT molecular complexity index is 365. The molecule has 1 nitrogen and oxygen atoms in total. The standard InChI is InChI=1S/C14H18.CH5N/c1-7-9-13-11(4)10(3)12(8-2)14(13,5)6;1-2/h7-9H,1-2,4H2,3,5-6H3;2H2,1H3/b13-9+;. The summed E-state index contributed by atoms with van der Waals surface area (Å²) in [7, 11) is 1.50. The minimum atomic E-state index is 0.0249. The lowest BCUT2D eigenvalue weighted by atomic mass is 9.81. The summed E-state index contributed by atoms with van der Waals surface area (Å²) >= 11 is 0. The van der Waals surface area contributed by atoms with Crippen LogP contribution in [0.15, 0.2) is 60.3 Å². The number of rotatable bonds is 2. The number of allylic oxidation sites excluding steroid dienone is 7. The van der Waals surface area contributed by atoms with Crippen LogP contribution < -0.4 is 5.73 Å². The summed E-state index contributed by atoms with van der Waals surface area (Å²) in [5, 5.41) is 0. The Balaban J connectivity index is 0.00000106. The predicted molar refractivity (Wildman–Crippen MR) is 74.2 cm³/mol. The molecular weight excluding hydrogens is 194 g/mol. The summed E-state index contributed by atoms with van der Waals surface area (Å²) in [4.78, 5) is 0. The van der Waals surface area contributed by atoms with Gasteiger partial charge in [-0.3, -0.25) is 0 Å². The normalized spacial score (nSPS) is 20.6. The van der Waals surface area contributed by atoms with Crippen molar-refractivity contribution in [2.45, 2.75) is 20.8 Å². The lowest BCUT2D eigenvalue weighted by molar-refractivity contribution is 0.579. The molecule has 0 heterocycles. The highest BCUT2D eigenvalue weighted by molar-refractivity contribution is 5.62. The van der Waals surface area contributed by atoms with Crippen molar-refractivity contribution < 1.29 is 0 Å². The average Bonchev–Trinajstić information content (AvgIpc) is 2.42. The summed E-state index contributed by atoms with van der Waals surface area (Å²) in [6.45, 7) is 18.2. The Kier molecular flexibility index (Phi) is 5.19. The van der Waals surface area contributed by atoms with Gasteiger partial charge in [0.25, 0.3) is 0 Å². The molecule has 0 atom stereocenters. The number of nitrogens with two attached hydrogens (primary N) is 1. The van der Waals surface area contributed by atoms with Crippen molar-refractivity contribution in [3.63, 3.8) is 0 Å². The van der Waals surface area contributed by atoms with Crippen LogP contribution >= 0.6 is 0 Å². The maximum Gasteiger partial charge on any atom is 0.0154 e. The molecule has 0 spiro atoms. The smallest absolute Gasteiger partial charge is 0.0154 e. The van der Waals surface area contributed by atoms with Crippen LogP contribution in [-0.2, 0) is 0 Å². The highest BCUT2D eigenvalue weighted by Crippen LogP contribution is 2.49. The minimum absolute atomic E-state index is 0.0249. The molecule has 0 aromatic carbocycles. The molecule has 1 rings (SSSR count). The second-order valence-corrected chi connectivity index (χ2v) is 4.16. The molecule has 0 fully saturated rings. The van der Waals surface area contributed by atoms with Gasteiger partial charge in [-0.15, -0.1) is 0 Å². The van der Waals surface area contributed by atoms with Crippen LogP contribution in [0.5, 0.6) is 0 Å². The molecule has 2 N–H and O–H groups in total. The van der Waals surface area contributed by atoms with E-state index in [2.05, 4.69) is 46.2 Å². The summed E-state index contributed by atoms with van der Waals surface area (Å²) in [5.74, 6) is 0. The molecular formula is C15H23N. The summed E-state index contributed by atoms with van der Waals surface area (Å²) < 4.78 is 0. The van der Waals surface area contributed by atoms with Gasteiger partial charge in [-0.2, -0.15) is 0 Å². The minimum Gasteiger partial charge on any atom is -0.333 e. The van der Waals surface area contributed by atoms with E-state index in [1.807, 2.05) is 18.2 Å². The predicted octanol–water partition coefficient (Wildman–Crippen LogP) is 3.77. The van der Waals surface area contributed by atoms with E-state index in [0.717, 1.165) is 5.57 Å². The second kappa shape index (κ2) is 5.66. The van der Waals surface area contributed by atoms with Gasteiger partial charge in [-0.05, 0) is 36.3 Å². The third kappa shape index (κ3) is 2.25. The molecule has 88 valence electrons. The Morgan fingerprint density at radius 3 is 2.00 bits per heavy atom. The van der Waals surface area contributed by atoms with Crippen LogP contribution in [0, 0.1) is 5.41 Å². The fraction of sp³-hybridized carbons (Fsp3) is 0.333. The Morgan fingerprint density at radius 1 is 1.19 bits per heavy atom. The molecule has 1 aliphatic rings. The molecule has 1 aliphatic carbocycles. The molecule has 16 heavy (non-hydrogen) atoms. The zero-order valence-electron chi connectivity index (χ0n) is 10.9. The molecule has 0 aliphatic heterocycles. The summed E-state index contributed by atoms with van der Waals surface area (Å²) in [6, 6.07) is 0. The van der Waals surface area contributed by atoms with Crippen molar-refractivity contribution in [2.75, 3.05) is 7.05 Å². The van der Waals surface area contributed by atoms with Crippen LogP contribution in [0.2, 0.25) is 0 Å². The van der Waals surface area contributed by atoms with E-state index in [-0.39, 0.29) is 5.41 Å². The van der Waals surface area contributed by atoms with Gasteiger partial charge in [0.1, 0.15) is 0 Å². The molecule has 0 aromatic heterocycles. The molecule has 0 bridgehead atoms. The van der Waals surface area contributed by atoms with E-state index in [1.54, 1.807) is 0 Å². The molecule has 0 aromatic rings. The third-order valence-electron chi connectivity index (χ3n) is 3.02. The van der Waals surface area contributed by atoms with E-state index in [0.29, 0.717) is 0 Å². The van der Waals surface area contributed by atoms with Gasteiger partial charge in [0.2, 0.25) is 0 Å². The lowest BCUT2D eigenvalue weighted by Gasteiger charge is -2.23. The van der Waals surface area contributed by atoms with Gasteiger partial charge < -0.3 is 5.73 Å². The monoisotopic (exact) mass is 217 g/mol. The Morgan fingerprint density at radius 2 is 1.69 bits per heavy atom. The van der Waals surface area contributed by atoms with Crippen molar-refractivity contribution in [3.05, 3.63) is 60.3 Å². The first kappa shape index (κ1) is 14.7. The maximum absolute atomic E-state index is 4.50. The molecule has 0 saturated heterocycles. The first-order valence-electron chi connectivity index (χ1n) is 5.41. The molecule has 0 amide bonds. The first-order chi connectivity index (χ1) is 7.46. The van der Waals surface area contributed by atoms with Gasteiger partial charge in [0.15, 0.2) is 0 Å². The molecule has 0 unspecified atom stereocenters. The molecule has 0 saturated carbocycles. The van der Waals surface area contributed by atoms with Crippen molar-refractivity contribution >= 4 is 0 Å². The van der Waals surface area contributed by atoms with Crippen molar-refractivity contribution in [1.29, 1.82) is 0 Å². The van der Waals surface area contributed by atoms with Gasteiger partial charge in [0, 0.05) is 5.41 Å². The van der Waals surface area contributed by atoms with E-state index in [9.17, 15) is 0 Å². The van der Waals surface area contributed by atoms with E-state index in [1.165, 1.54) is 23.8 Å². The molecule has 1 heteroatoms. The van der Waals surface area contributed by atoms with Crippen LogP contribution in [-0.4, -0.2) is 7.05 Å². The van der Waals surface area contributed by atoms with Crippen LogP contribution in [0.4, 0.5) is 0 Å².